The third-order valence-electron chi connectivity index (χ3n) is 5.19. The molecular formula is C21H19F3N2O3S2. The van der Waals surface area contributed by atoms with E-state index in [4.69, 9.17) is 0 Å². The van der Waals surface area contributed by atoms with Crippen molar-refractivity contribution in [3.05, 3.63) is 65.2 Å². The second-order valence-electron chi connectivity index (χ2n) is 7.64. The van der Waals surface area contributed by atoms with Gasteiger partial charge in [0, 0.05) is 5.25 Å². The summed E-state index contributed by atoms with van der Waals surface area (Å²) in [7, 11) is -3.38. The first-order valence-electron chi connectivity index (χ1n) is 9.53. The molecule has 0 radical (unpaired) electrons. The highest BCUT2D eigenvalue weighted by Gasteiger charge is 2.51. The summed E-state index contributed by atoms with van der Waals surface area (Å²) >= 11 is 1.06. The van der Waals surface area contributed by atoms with E-state index >= 15 is 0 Å². The lowest BCUT2D eigenvalue weighted by Crippen LogP contribution is -2.39. The van der Waals surface area contributed by atoms with Crippen molar-refractivity contribution in [2.75, 3.05) is 16.4 Å². The van der Waals surface area contributed by atoms with Crippen molar-refractivity contribution < 1.29 is 26.4 Å². The van der Waals surface area contributed by atoms with Gasteiger partial charge < -0.3 is 4.90 Å². The van der Waals surface area contributed by atoms with Gasteiger partial charge in [-0.2, -0.15) is 18.2 Å². The number of rotatable bonds is 3. The Balaban J connectivity index is 1.72. The van der Waals surface area contributed by atoms with Crippen molar-refractivity contribution in [2.24, 2.45) is 4.99 Å². The fourth-order valence-electron chi connectivity index (χ4n) is 3.91. The SMILES string of the molecule is Cc1cccc(CC(=O)N=C2S[C@@H]3CS(=O)(=O)C[C@@H]3N2c2ccccc2C(F)(F)F)c1. The number of aliphatic imine (C=N–C) groups is 1. The number of halogens is 3. The third-order valence-corrected chi connectivity index (χ3v) is 8.40. The molecule has 31 heavy (non-hydrogen) atoms. The maximum absolute atomic E-state index is 13.7. The standard InChI is InChI=1S/C21H19F3N2O3S2/c1-13-5-4-6-14(9-13)10-19(27)25-20-26(17-11-31(28,29)12-18(17)30-20)16-8-3-2-7-15(16)21(22,23)24/h2-9,17-18H,10-12H2,1H3/t17-,18+/m0/s1. The molecule has 0 N–H and O–H groups in total. The van der Waals surface area contributed by atoms with E-state index < -0.39 is 38.8 Å². The van der Waals surface area contributed by atoms with Crippen LogP contribution in [0.2, 0.25) is 0 Å². The first-order chi connectivity index (χ1) is 14.5. The van der Waals surface area contributed by atoms with Crippen molar-refractivity contribution in [2.45, 2.75) is 30.8 Å². The van der Waals surface area contributed by atoms with Gasteiger partial charge in [-0.15, -0.1) is 0 Å². The van der Waals surface area contributed by atoms with Crippen LogP contribution >= 0.6 is 11.8 Å². The van der Waals surface area contributed by atoms with E-state index in [1.807, 2.05) is 25.1 Å². The van der Waals surface area contributed by atoms with E-state index in [2.05, 4.69) is 4.99 Å². The zero-order chi connectivity index (χ0) is 22.4. The number of anilines is 1. The number of alkyl halides is 3. The Labute approximate surface area is 182 Å². The molecule has 10 heteroatoms. The van der Waals surface area contributed by atoms with Gasteiger partial charge in [-0.05, 0) is 24.6 Å². The van der Waals surface area contributed by atoms with Gasteiger partial charge >= 0.3 is 6.18 Å². The molecule has 4 rings (SSSR count). The van der Waals surface area contributed by atoms with E-state index in [0.29, 0.717) is 0 Å². The number of amides is 1. The topological polar surface area (TPSA) is 66.8 Å². The Morgan fingerprint density at radius 1 is 1.16 bits per heavy atom. The summed E-state index contributed by atoms with van der Waals surface area (Å²) in [5.74, 6) is -0.925. The van der Waals surface area contributed by atoms with E-state index in [1.165, 1.54) is 23.1 Å². The fraction of sp³-hybridized carbons (Fsp3) is 0.333. The van der Waals surface area contributed by atoms with Gasteiger partial charge in [0.15, 0.2) is 15.0 Å². The van der Waals surface area contributed by atoms with E-state index in [1.54, 1.807) is 6.07 Å². The van der Waals surface area contributed by atoms with Crippen LogP contribution in [0.15, 0.2) is 53.5 Å². The summed E-state index contributed by atoms with van der Waals surface area (Å²) in [5.41, 5.74) is 0.657. The quantitative estimate of drug-likeness (QED) is 0.685. The van der Waals surface area contributed by atoms with Gasteiger partial charge in [0.05, 0.1) is 35.2 Å². The maximum atomic E-state index is 13.7. The first kappa shape index (κ1) is 21.9. The monoisotopic (exact) mass is 468 g/mol. The Hall–Kier alpha value is -2.33. The Morgan fingerprint density at radius 2 is 1.90 bits per heavy atom. The number of fused-ring (bicyclic) bond motifs is 1. The van der Waals surface area contributed by atoms with Gasteiger partial charge in [-0.25, -0.2) is 8.42 Å². The molecule has 2 aliphatic rings. The van der Waals surface area contributed by atoms with Crippen LogP contribution in [0.3, 0.4) is 0 Å². The minimum atomic E-state index is -4.63. The highest BCUT2D eigenvalue weighted by molar-refractivity contribution is 8.16. The minimum Gasteiger partial charge on any atom is -0.315 e. The number of amidine groups is 1. The van der Waals surface area contributed by atoms with Crippen LogP contribution < -0.4 is 4.90 Å². The molecule has 0 unspecified atom stereocenters. The molecule has 2 heterocycles. The van der Waals surface area contributed by atoms with E-state index in [-0.39, 0.29) is 28.8 Å². The lowest BCUT2D eigenvalue weighted by molar-refractivity contribution is -0.137. The largest absolute Gasteiger partial charge is 0.418 e. The average Bonchev–Trinajstić information content (AvgIpc) is 3.11. The van der Waals surface area contributed by atoms with Crippen LogP contribution in [-0.4, -0.2) is 42.3 Å². The molecular weight excluding hydrogens is 449 g/mol. The first-order valence-corrected chi connectivity index (χ1v) is 12.2. The summed E-state index contributed by atoms with van der Waals surface area (Å²) in [5, 5.41) is -0.365. The van der Waals surface area contributed by atoms with E-state index in [0.717, 1.165) is 29.0 Å². The van der Waals surface area contributed by atoms with Gasteiger partial charge in [0.25, 0.3) is 5.91 Å². The molecule has 2 atom stereocenters. The molecule has 2 aromatic rings. The summed E-state index contributed by atoms with van der Waals surface area (Å²) < 4.78 is 65.2. The van der Waals surface area contributed by atoms with Crippen molar-refractivity contribution in [3.8, 4) is 0 Å². The molecule has 2 aromatic carbocycles. The number of carbonyl (C=O) groups is 1. The Morgan fingerprint density at radius 3 is 2.61 bits per heavy atom. The number of carbonyl (C=O) groups excluding carboxylic acids is 1. The lowest BCUT2D eigenvalue weighted by atomic mass is 10.1. The second-order valence-corrected chi connectivity index (χ2v) is 11.0. The second kappa shape index (κ2) is 7.98. The molecule has 0 spiro atoms. The fourth-order valence-corrected chi connectivity index (χ4v) is 7.84. The van der Waals surface area contributed by atoms with Crippen LogP contribution in [0.1, 0.15) is 16.7 Å². The van der Waals surface area contributed by atoms with Gasteiger partial charge in [0.2, 0.25) is 0 Å². The molecule has 2 fully saturated rings. The zero-order valence-corrected chi connectivity index (χ0v) is 18.1. The molecule has 5 nitrogen and oxygen atoms in total. The average molecular weight is 469 g/mol. The summed E-state index contributed by atoms with van der Waals surface area (Å²) in [6.45, 7) is 1.89. The van der Waals surface area contributed by atoms with Gasteiger partial charge in [0.1, 0.15) is 0 Å². The van der Waals surface area contributed by atoms with Crippen molar-refractivity contribution in [3.63, 3.8) is 0 Å². The maximum Gasteiger partial charge on any atom is 0.418 e. The zero-order valence-electron chi connectivity index (χ0n) is 16.5. The summed E-state index contributed by atoms with van der Waals surface area (Å²) in [6.07, 6.45) is -4.62. The number of hydrogen-bond acceptors (Lipinski definition) is 4. The van der Waals surface area contributed by atoms with Crippen LogP contribution in [0.25, 0.3) is 0 Å². The molecule has 2 aliphatic heterocycles. The summed E-state index contributed by atoms with van der Waals surface area (Å²) in [4.78, 5) is 18.0. The van der Waals surface area contributed by atoms with Crippen LogP contribution in [0, 0.1) is 6.92 Å². The molecule has 1 amide bonds. The smallest absolute Gasteiger partial charge is 0.315 e. The van der Waals surface area contributed by atoms with Gasteiger partial charge in [-0.1, -0.05) is 53.7 Å². The predicted molar refractivity (Wildman–Crippen MR) is 115 cm³/mol. The van der Waals surface area contributed by atoms with Crippen molar-refractivity contribution in [1.29, 1.82) is 0 Å². The highest BCUT2D eigenvalue weighted by atomic mass is 32.2. The highest BCUT2D eigenvalue weighted by Crippen LogP contribution is 2.45. The number of sulfone groups is 1. The Bertz CT molecular complexity index is 1160. The number of para-hydroxylation sites is 1. The van der Waals surface area contributed by atoms with Crippen molar-refractivity contribution >= 4 is 38.4 Å². The predicted octanol–water partition coefficient (Wildman–Crippen LogP) is 3.86. The van der Waals surface area contributed by atoms with Gasteiger partial charge in [-0.3, -0.25) is 4.79 Å². The summed E-state index contributed by atoms with van der Waals surface area (Å²) in [6, 6.07) is 11.6. The Kier molecular flexibility index (Phi) is 5.63. The number of nitrogens with zero attached hydrogens (tertiary/aromatic N) is 2. The lowest BCUT2D eigenvalue weighted by Gasteiger charge is -2.27. The molecule has 0 aromatic heterocycles. The van der Waals surface area contributed by atoms with Crippen LogP contribution in [0.5, 0.6) is 0 Å². The molecule has 164 valence electrons. The molecule has 0 saturated carbocycles. The van der Waals surface area contributed by atoms with Crippen LogP contribution in [-0.2, 0) is 27.2 Å². The third kappa shape index (κ3) is 4.64. The van der Waals surface area contributed by atoms with E-state index in [9.17, 15) is 26.4 Å². The van der Waals surface area contributed by atoms with Crippen molar-refractivity contribution in [1.82, 2.24) is 0 Å². The normalized spacial score (nSPS) is 23.9. The molecule has 2 saturated heterocycles. The number of benzene rings is 2. The number of hydrogen-bond donors (Lipinski definition) is 0. The molecule has 0 bridgehead atoms. The number of aryl methyl sites for hydroxylation is 1. The minimum absolute atomic E-state index is 0.00807. The van der Waals surface area contributed by atoms with Crippen LogP contribution in [0.4, 0.5) is 18.9 Å². The molecule has 0 aliphatic carbocycles. The number of thioether (sulfide) groups is 1.